The Morgan fingerprint density at radius 2 is 2.05 bits per heavy atom. The maximum atomic E-state index is 11.7. The molecule has 6 heteroatoms. The van der Waals surface area contributed by atoms with E-state index in [1.807, 2.05) is 19.1 Å². The van der Waals surface area contributed by atoms with Crippen molar-refractivity contribution in [1.82, 2.24) is 10.6 Å². The van der Waals surface area contributed by atoms with Crippen LogP contribution in [0.15, 0.2) is 24.3 Å². The van der Waals surface area contributed by atoms with Gasteiger partial charge in [0.05, 0.1) is 12.0 Å². The number of urea groups is 1. The van der Waals surface area contributed by atoms with Gasteiger partial charge in [0.15, 0.2) is 0 Å². The van der Waals surface area contributed by atoms with Gasteiger partial charge in [0.25, 0.3) is 0 Å². The number of nitrogens with one attached hydrogen (secondary N) is 2. The highest BCUT2D eigenvalue weighted by Crippen LogP contribution is 2.17. The standard InChI is InChI=1S/C15H21ClN2O3/c1-10(14(19)20)5-4-8-17-15(21)18-11(2)12-6-3-7-13(16)9-12/h3,6-7,9-11H,4-5,8H2,1-2H3,(H,19,20)(H2,17,18,21). The number of aliphatic carboxylic acids is 1. The van der Waals surface area contributed by atoms with E-state index in [4.69, 9.17) is 16.7 Å². The van der Waals surface area contributed by atoms with Crippen molar-refractivity contribution in [3.05, 3.63) is 34.9 Å². The Morgan fingerprint density at radius 1 is 1.33 bits per heavy atom. The summed E-state index contributed by atoms with van der Waals surface area (Å²) in [6, 6.07) is 6.89. The monoisotopic (exact) mass is 312 g/mol. The quantitative estimate of drug-likeness (QED) is 0.676. The molecule has 1 rings (SSSR count). The van der Waals surface area contributed by atoms with Crippen molar-refractivity contribution in [2.75, 3.05) is 6.54 Å². The van der Waals surface area contributed by atoms with E-state index in [1.165, 1.54) is 0 Å². The maximum Gasteiger partial charge on any atom is 0.315 e. The lowest BCUT2D eigenvalue weighted by Crippen LogP contribution is -2.37. The van der Waals surface area contributed by atoms with E-state index in [1.54, 1.807) is 19.1 Å². The Hall–Kier alpha value is -1.75. The Kier molecular flexibility index (Phi) is 7.02. The summed E-state index contributed by atoms with van der Waals surface area (Å²) >= 11 is 5.91. The van der Waals surface area contributed by atoms with E-state index in [9.17, 15) is 9.59 Å². The smallest absolute Gasteiger partial charge is 0.315 e. The number of carbonyl (C=O) groups excluding carboxylic acids is 1. The van der Waals surface area contributed by atoms with Gasteiger partial charge in [-0.05, 0) is 37.5 Å². The number of carbonyl (C=O) groups is 2. The summed E-state index contributed by atoms with van der Waals surface area (Å²) in [6.07, 6.45) is 1.17. The predicted molar refractivity (Wildman–Crippen MR) is 82.4 cm³/mol. The molecule has 0 spiro atoms. The molecule has 0 radical (unpaired) electrons. The molecule has 3 N–H and O–H groups in total. The van der Waals surface area contributed by atoms with Crippen LogP contribution in [0.2, 0.25) is 5.02 Å². The van der Waals surface area contributed by atoms with Gasteiger partial charge in [0.2, 0.25) is 0 Å². The predicted octanol–water partition coefficient (Wildman–Crippen LogP) is 3.20. The number of amides is 2. The molecule has 1 aromatic carbocycles. The minimum absolute atomic E-state index is 0.151. The fourth-order valence-corrected chi connectivity index (χ4v) is 2.04. The molecule has 0 saturated heterocycles. The van der Waals surface area contributed by atoms with Gasteiger partial charge in [-0.15, -0.1) is 0 Å². The molecule has 21 heavy (non-hydrogen) atoms. The number of rotatable bonds is 7. The van der Waals surface area contributed by atoms with Crippen LogP contribution in [0.3, 0.4) is 0 Å². The van der Waals surface area contributed by atoms with Crippen molar-refractivity contribution in [3.8, 4) is 0 Å². The topological polar surface area (TPSA) is 78.4 Å². The van der Waals surface area contributed by atoms with Crippen molar-refractivity contribution < 1.29 is 14.7 Å². The number of benzene rings is 1. The average molecular weight is 313 g/mol. The van der Waals surface area contributed by atoms with Gasteiger partial charge in [-0.25, -0.2) is 4.79 Å². The highest BCUT2D eigenvalue weighted by atomic mass is 35.5. The molecular weight excluding hydrogens is 292 g/mol. The van der Waals surface area contributed by atoms with Gasteiger partial charge in [0.1, 0.15) is 0 Å². The zero-order chi connectivity index (χ0) is 15.8. The first-order valence-corrected chi connectivity index (χ1v) is 7.30. The fourth-order valence-electron chi connectivity index (χ4n) is 1.84. The zero-order valence-electron chi connectivity index (χ0n) is 12.2. The van der Waals surface area contributed by atoms with E-state index < -0.39 is 5.97 Å². The van der Waals surface area contributed by atoms with E-state index in [-0.39, 0.29) is 18.0 Å². The van der Waals surface area contributed by atoms with Gasteiger partial charge in [-0.3, -0.25) is 4.79 Å². The average Bonchev–Trinajstić information content (AvgIpc) is 2.43. The lowest BCUT2D eigenvalue weighted by Gasteiger charge is -2.15. The van der Waals surface area contributed by atoms with Gasteiger partial charge >= 0.3 is 12.0 Å². The first-order valence-electron chi connectivity index (χ1n) is 6.92. The fraction of sp³-hybridized carbons (Fsp3) is 0.467. The van der Waals surface area contributed by atoms with Crippen LogP contribution in [0.1, 0.15) is 38.3 Å². The second-order valence-corrected chi connectivity index (χ2v) is 5.49. The van der Waals surface area contributed by atoms with Gasteiger partial charge in [-0.2, -0.15) is 0 Å². The third-order valence-corrected chi connectivity index (χ3v) is 3.45. The van der Waals surface area contributed by atoms with Crippen LogP contribution in [0.25, 0.3) is 0 Å². The van der Waals surface area contributed by atoms with Crippen molar-refractivity contribution in [3.63, 3.8) is 0 Å². The molecule has 5 nitrogen and oxygen atoms in total. The van der Waals surface area contributed by atoms with E-state index in [0.717, 1.165) is 5.56 Å². The minimum atomic E-state index is -0.811. The molecule has 2 amide bonds. The molecule has 0 heterocycles. The summed E-state index contributed by atoms with van der Waals surface area (Å²) in [6.45, 7) is 3.98. The Labute approximate surface area is 129 Å². The molecule has 116 valence electrons. The van der Waals surface area contributed by atoms with Crippen LogP contribution in [0.5, 0.6) is 0 Å². The van der Waals surface area contributed by atoms with E-state index >= 15 is 0 Å². The van der Waals surface area contributed by atoms with E-state index in [2.05, 4.69) is 10.6 Å². The van der Waals surface area contributed by atoms with Crippen LogP contribution in [0.4, 0.5) is 4.79 Å². The molecule has 2 atom stereocenters. The van der Waals surface area contributed by atoms with Gasteiger partial charge in [-0.1, -0.05) is 30.7 Å². The summed E-state index contributed by atoms with van der Waals surface area (Å²) in [5, 5.41) is 14.9. The number of carboxylic acids is 1. The molecular formula is C15H21ClN2O3. The van der Waals surface area contributed by atoms with Gasteiger partial charge in [0, 0.05) is 11.6 Å². The van der Waals surface area contributed by atoms with Gasteiger partial charge < -0.3 is 15.7 Å². The second-order valence-electron chi connectivity index (χ2n) is 5.06. The van der Waals surface area contributed by atoms with Crippen molar-refractivity contribution in [1.29, 1.82) is 0 Å². The number of hydrogen-bond acceptors (Lipinski definition) is 2. The zero-order valence-corrected chi connectivity index (χ0v) is 13.0. The molecule has 0 bridgehead atoms. The Balaban J connectivity index is 2.29. The highest BCUT2D eigenvalue weighted by molar-refractivity contribution is 6.30. The van der Waals surface area contributed by atoms with Crippen LogP contribution in [0, 0.1) is 5.92 Å². The van der Waals surface area contributed by atoms with Crippen LogP contribution < -0.4 is 10.6 Å². The molecule has 0 aliphatic rings. The highest BCUT2D eigenvalue weighted by Gasteiger charge is 2.11. The lowest BCUT2D eigenvalue weighted by atomic mass is 10.1. The van der Waals surface area contributed by atoms with Crippen molar-refractivity contribution in [2.45, 2.75) is 32.7 Å². The van der Waals surface area contributed by atoms with Crippen molar-refractivity contribution >= 4 is 23.6 Å². The first-order chi connectivity index (χ1) is 9.90. The molecule has 0 saturated carbocycles. The number of halogens is 1. The maximum absolute atomic E-state index is 11.7. The molecule has 2 unspecified atom stereocenters. The minimum Gasteiger partial charge on any atom is -0.481 e. The molecule has 0 fully saturated rings. The summed E-state index contributed by atoms with van der Waals surface area (Å²) < 4.78 is 0. The SMILES string of the molecule is CC(CCCNC(=O)NC(C)c1cccc(Cl)c1)C(=O)O. The van der Waals surface area contributed by atoms with Crippen LogP contribution >= 0.6 is 11.6 Å². The molecule has 0 aromatic heterocycles. The molecule has 0 aliphatic carbocycles. The summed E-state index contributed by atoms with van der Waals surface area (Å²) in [7, 11) is 0. The number of carboxylic acid groups (broad SMARTS) is 1. The summed E-state index contributed by atoms with van der Waals surface area (Å²) in [5.74, 6) is -1.20. The number of hydrogen-bond donors (Lipinski definition) is 3. The molecule has 1 aromatic rings. The normalized spacial score (nSPS) is 13.3. The van der Waals surface area contributed by atoms with Crippen LogP contribution in [-0.4, -0.2) is 23.7 Å². The van der Waals surface area contributed by atoms with Crippen molar-refractivity contribution in [2.24, 2.45) is 5.92 Å². The lowest BCUT2D eigenvalue weighted by molar-refractivity contribution is -0.141. The van der Waals surface area contributed by atoms with Crippen LogP contribution in [-0.2, 0) is 4.79 Å². The first kappa shape index (κ1) is 17.3. The van der Waals surface area contributed by atoms with E-state index in [0.29, 0.717) is 24.4 Å². The summed E-state index contributed by atoms with van der Waals surface area (Å²) in [4.78, 5) is 22.4. The second kappa shape index (κ2) is 8.52. The summed E-state index contributed by atoms with van der Waals surface area (Å²) in [5.41, 5.74) is 0.928. The Bertz CT molecular complexity index is 494. The molecule has 0 aliphatic heterocycles. The third-order valence-electron chi connectivity index (χ3n) is 3.22. The largest absolute Gasteiger partial charge is 0.481 e. The third kappa shape index (κ3) is 6.49. The Morgan fingerprint density at radius 3 is 2.67 bits per heavy atom.